The van der Waals surface area contributed by atoms with Gasteiger partial charge in [-0.3, -0.25) is 4.79 Å². The van der Waals surface area contributed by atoms with E-state index in [1.54, 1.807) is 6.07 Å². The monoisotopic (exact) mass is 275 g/mol. The highest BCUT2D eigenvalue weighted by atomic mass is 16.2. The molecule has 1 fully saturated rings. The minimum Gasteiger partial charge on any atom is -0.335 e. The molecule has 2 rings (SSSR count). The molecule has 0 heterocycles. The van der Waals surface area contributed by atoms with Gasteiger partial charge < -0.3 is 16.0 Å². The van der Waals surface area contributed by atoms with Crippen LogP contribution in [0.4, 0.5) is 16.2 Å². The average molecular weight is 275 g/mol. The molecule has 5 heteroatoms. The van der Waals surface area contributed by atoms with Gasteiger partial charge in [-0.2, -0.15) is 0 Å². The Morgan fingerprint density at radius 3 is 2.55 bits per heavy atom. The normalized spacial score (nSPS) is 15.3. The first-order valence-corrected chi connectivity index (χ1v) is 6.91. The molecule has 0 aliphatic heterocycles. The van der Waals surface area contributed by atoms with Crippen molar-refractivity contribution < 1.29 is 9.59 Å². The quantitative estimate of drug-likeness (QED) is 0.790. The zero-order chi connectivity index (χ0) is 14.7. The van der Waals surface area contributed by atoms with E-state index in [1.165, 1.54) is 19.8 Å². The number of nitrogens with one attached hydrogen (secondary N) is 3. The van der Waals surface area contributed by atoms with Gasteiger partial charge in [0, 0.05) is 24.3 Å². The van der Waals surface area contributed by atoms with Gasteiger partial charge in [0.05, 0.1) is 0 Å². The number of anilines is 2. The first-order chi connectivity index (χ1) is 9.45. The zero-order valence-electron chi connectivity index (χ0n) is 12.1. The molecule has 0 spiro atoms. The van der Waals surface area contributed by atoms with Crippen LogP contribution in [0.15, 0.2) is 18.2 Å². The van der Waals surface area contributed by atoms with Crippen LogP contribution >= 0.6 is 0 Å². The van der Waals surface area contributed by atoms with E-state index in [0.717, 1.165) is 5.56 Å². The zero-order valence-corrected chi connectivity index (χ0v) is 12.1. The lowest BCUT2D eigenvalue weighted by Crippen LogP contribution is -2.37. The van der Waals surface area contributed by atoms with Crippen molar-refractivity contribution in [1.82, 2.24) is 5.32 Å². The number of carbonyl (C=O) groups is 2. The third kappa shape index (κ3) is 3.98. The molecular formula is C15H21N3O2. The standard InChI is InChI=1S/C15H21N3O2/c1-9-4-7-13(17-11(3)19)8-14(9)18-15(20)16-10(2)12-5-6-12/h4,7-8,10,12H,5-6H2,1-3H3,(H,17,19)(H2,16,18,20). The van der Waals surface area contributed by atoms with E-state index in [-0.39, 0.29) is 18.0 Å². The first-order valence-electron chi connectivity index (χ1n) is 6.91. The molecule has 1 saturated carbocycles. The Kier molecular flexibility index (Phi) is 4.27. The Hall–Kier alpha value is -2.04. The van der Waals surface area contributed by atoms with E-state index in [9.17, 15) is 9.59 Å². The Labute approximate surface area is 119 Å². The molecule has 3 amide bonds. The van der Waals surface area contributed by atoms with Gasteiger partial charge in [-0.25, -0.2) is 4.79 Å². The molecule has 108 valence electrons. The predicted molar refractivity (Wildman–Crippen MR) is 79.8 cm³/mol. The summed E-state index contributed by atoms with van der Waals surface area (Å²) in [4.78, 5) is 23.0. The molecule has 1 atom stereocenters. The van der Waals surface area contributed by atoms with Crippen LogP contribution in [0.3, 0.4) is 0 Å². The van der Waals surface area contributed by atoms with Crippen LogP contribution in [0.5, 0.6) is 0 Å². The van der Waals surface area contributed by atoms with Crippen molar-refractivity contribution in [2.75, 3.05) is 10.6 Å². The second-order valence-electron chi connectivity index (χ2n) is 5.44. The van der Waals surface area contributed by atoms with Crippen LogP contribution in [-0.4, -0.2) is 18.0 Å². The lowest BCUT2D eigenvalue weighted by molar-refractivity contribution is -0.114. The molecule has 1 aliphatic rings. The third-order valence-electron chi connectivity index (χ3n) is 3.49. The molecule has 0 aromatic heterocycles. The maximum atomic E-state index is 11.9. The van der Waals surface area contributed by atoms with E-state index in [0.29, 0.717) is 17.3 Å². The van der Waals surface area contributed by atoms with Gasteiger partial charge in [0.2, 0.25) is 5.91 Å². The maximum Gasteiger partial charge on any atom is 0.319 e. The summed E-state index contributed by atoms with van der Waals surface area (Å²) in [5.74, 6) is 0.485. The van der Waals surface area contributed by atoms with Crippen molar-refractivity contribution in [2.24, 2.45) is 5.92 Å². The number of hydrogen-bond donors (Lipinski definition) is 3. The Morgan fingerprint density at radius 2 is 1.95 bits per heavy atom. The summed E-state index contributed by atoms with van der Waals surface area (Å²) in [5.41, 5.74) is 2.33. The van der Waals surface area contributed by atoms with Crippen LogP contribution in [0.25, 0.3) is 0 Å². The molecule has 1 aromatic rings. The Bertz CT molecular complexity index is 524. The summed E-state index contributed by atoms with van der Waals surface area (Å²) in [5, 5.41) is 8.48. The minimum atomic E-state index is -0.201. The number of rotatable bonds is 4. The van der Waals surface area contributed by atoms with Crippen LogP contribution in [-0.2, 0) is 4.79 Å². The Morgan fingerprint density at radius 1 is 1.25 bits per heavy atom. The smallest absolute Gasteiger partial charge is 0.319 e. The molecule has 3 N–H and O–H groups in total. The van der Waals surface area contributed by atoms with Crippen molar-refractivity contribution in [3.8, 4) is 0 Å². The van der Waals surface area contributed by atoms with Crippen molar-refractivity contribution >= 4 is 23.3 Å². The summed E-state index contributed by atoms with van der Waals surface area (Å²) < 4.78 is 0. The molecule has 0 radical (unpaired) electrons. The molecule has 0 saturated heterocycles. The highest BCUT2D eigenvalue weighted by Gasteiger charge is 2.28. The summed E-state index contributed by atoms with van der Waals surface area (Å²) in [6, 6.07) is 5.44. The average Bonchev–Trinajstić information content (AvgIpc) is 3.16. The van der Waals surface area contributed by atoms with Crippen molar-refractivity contribution in [2.45, 2.75) is 39.7 Å². The first kappa shape index (κ1) is 14.4. The lowest BCUT2D eigenvalue weighted by atomic mass is 10.1. The minimum absolute atomic E-state index is 0.133. The van der Waals surface area contributed by atoms with E-state index in [2.05, 4.69) is 16.0 Å². The summed E-state index contributed by atoms with van der Waals surface area (Å²) >= 11 is 0. The summed E-state index contributed by atoms with van der Waals surface area (Å²) in [7, 11) is 0. The summed E-state index contributed by atoms with van der Waals surface area (Å²) in [6.07, 6.45) is 2.39. The molecule has 5 nitrogen and oxygen atoms in total. The SMILES string of the molecule is CC(=O)Nc1ccc(C)c(NC(=O)NC(C)C2CC2)c1. The van der Waals surface area contributed by atoms with Gasteiger partial charge in [-0.05, 0) is 50.3 Å². The topological polar surface area (TPSA) is 70.2 Å². The molecular weight excluding hydrogens is 254 g/mol. The number of amides is 3. The largest absolute Gasteiger partial charge is 0.335 e. The van der Waals surface area contributed by atoms with Crippen LogP contribution in [0.2, 0.25) is 0 Å². The second kappa shape index (κ2) is 5.94. The van der Waals surface area contributed by atoms with E-state index < -0.39 is 0 Å². The van der Waals surface area contributed by atoms with Gasteiger partial charge in [-0.1, -0.05) is 6.07 Å². The number of hydrogen-bond acceptors (Lipinski definition) is 2. The summed E-state index contributed by atoms with van der Waals surface area (Å²) in [6.45, 7) is 5.40. The fraction of sp³-hybridized carbons (Fsp3) is 0.467. The van der Waals surface area contributed by atoms with Crippen molar-refractivity contribution in [3.63, 3.8) is 0 Å². The molecule has 0 bridgehead atoms. The number of urea groups is 1. The highest BCUT2D eigenvalue weighted by Crippen LogP contribution is 2.32. The van der Waals surface area contributed by atoms with E-state index in [1.807, 2.05) is 26.0 Å². The molecule has 20 heavy (non-hydrogen) atoms. The molecule has 1 aliphatic carbocycles. The highest BCUT2D eigenvalue weighted by molar-refractivity contribution is 5.93. The van der Waals surface area contributed by atoms with Gasteiger partial charge in [0.1, 0.15) is 0 Å². The van der Waals surface area contributed by atoms with Gasteiger partial charge in [0.15, 0.2) is 0 Å². The van der Waals surface area contributed by atoms with Crippen LogP contribution < -0.4 is 16.0 Å². The molecule has 1 unspecified atom stereocenters. The number of carbonyl (C=O) groups excluding carboxylic acids is 2. The number of benzene rings is 1. The second-order valence-corrected chi connectivity index (χ2v) is 5.44. The van der Waals surface area contributed by atoms with Gasteiger partial charge in [-0.15, -0.1) is 0 Å². The van der Waals surface area contributed by atoms with Crippen molar-refractivity contribution in [1.29, 1.82) is 0 Å². The van der Waals surface area contributed by atoms with Crippen molar-refractivity contribution in [3.05, 3.63) is 23.8 Å². The fourth-order valence-corrected chi connectivity index (χ4v) is 2.12. The van der Waals surface area contributed by atoms with Crippen LogP contribution in [0, 0.1) is 12.8 Å². The lowest BCUT2D eigenvalue weighted by Gasteiger charge is -2.15. The molecule has 1 aromatic carbocycles. The van der Waals surface area contributed by atoms with Crippen LogP contribution in [0.1, 0.15) is 32.3 Å². The maximum absolute atomic E-state index is 11.9. The third-order valence-corrected chi connectivity index (χ3v) is 3.49. The number of aryl methyl sites for hydroxylation is 1. The fourth-order valence-electron chi connectivity index (χ4n) is 2.12. The predicted octanol–water partition coefficient (Wildman–Crippen LogP) is 2.87. The Balaban J connectivity index is 1.99. The van der Waals surface area contributed by atoms with E-state index in [4.69, 9.17) is 0 Å². The van der Waals surface area contributed by atoms with Gasteiger partial charge >= 0.3 is 6.03 Å². The van der Waals surface area contributed by atoms with E-state index >= 15 is 0 Å². The van der Waals surface area contributed by atoms with Gasteiger partial charge in [0.25, 0.3) is 0 Å².